The van der Waals surface area contributed by atoms with Crippen molar-refractivity contribution in [2.75, 3.05) is 5.73 Å². The normalized spacial score (nSPS) is 15.4. The SMILES string of the molecule is Nc1nc(=Nc2ccccc2)n2n1CCC2. The van der Waals surface area contributed by atoms with Crippen LogP contribution >= 0.6 is 0 Å². The van der Waals surface area contributed by atoms with Crippen LogP contribution in [0, 0.1) is 0 Å². The van der Waals surface area contributed by atoms with Crippen molar-refractivity contribution in [1.82, 2.24) is 14.3 Å². The lowest BCUT2D eigenvalue weighted by Crippen LogP contribution is -2.19. The molecule has 1 aliphatic heterocycles. The maximum Gasteiger partial charge on any atom is 0.248 e. The van der Waals surface area contributed by atoms with Crippen LogP contribution in [-0.4, -0.2) is 14.3 Å². The topological polar surface area (TPSA) is 61.1 Å². The van der Waals surface area contributed by atoms with E-state index in [1.807, 2.05) is 39.7 Å². The van der Waals surface area contributed by atoms with Crippen molar-refractivity contribution < 1.29 is 0 Å². The molecule has 0 amide bonds. The van der Waals surface area contributed by atoms with Crippen molar-refractivity contribution >= 4 is 11.6 Å². The summed E-state index contributed by atoms with van der Waals surface area (Å²) in [5.41, 5.74) is 7.42. The molecule has 1 aliphatic rings. The molecule has 0 atom stereocenters. The molecule has 82 valence electrons. The van der Waals surface area contributed by atoms with Crippen molar-refractivity contribution in [3.63, 3.8) is 0 Å². The summed E-state index contributed by atoms with van der Waals surface area (Å²) < 4.78 is 4.00. The summed E-state index contributed by atoms with van der Waals surface area (Å²) in [6.45, 7) is 1.87. The van der Waals surface area contributed by atoms with Crippen LogP contribution in [0.15, 0.2) is 35.3 Å². The molecule has 0 saturated heterocycles. The van der Waals surface area contributed by atoms with E-state index in [2.05, 4.69) is 9.98 Å². The summed E-state index contributed by atoms with van der Waals surface area (Å²) in [7, 11) is 0. The summed E-state index contributed by atoms with van der Waals surface area (Å²) in [6.07, 6.45) is 1.10. The Morgan fingerprint density at radius 3 is 2.69 bits per heavy atom. The van der Waals surface area contributed by atoms with Crippen molar-refractivity contribution in [2.45, 2.75) is 19.5 Å². The number of hydrogen-bond donors (Lipinski definition) is 1. The zero-order chi connectivity index (χ0) is 11.0. The van der Waals surface area contributed by atoms with Gasteiger partial charge in [0.25, 0.3) is 0 Å². The quantitative estimate of drug-likeness (QED) is 0.768. The maximum absolute atomic E-state index is 5.82. The van der Waals surface area contributed by atoms with Gasteiger partial charge in [0.2, 0.25) is 11.6 Å². The molecule has 0 radical (unpaired) electrons. The lowest BCUT2D eigenvalue weighted by Gasteiger charge is -1.98. The van der Waals surface area contributed by atoms with E-state index in [-0.39, 0.29) is 0 Å². The number of aromatic nitrogens is 3. The van der Waals surface area contributed by atoms with Crippen molar-refractivity contribution in [3.8, 4) is 0 Å². The van der Waals surface area contributed by atoms with Gasteiger partial charge in [0.15, 0.2) is 0 Å². The molecule has 0 bridgehead atoms. The highest BCUT2D eigenvalue weighted by molar-refractivity contribution is 5.35. The molecule has 1 aromatic heterocycles. The third kappa shape index (κ3) is 1.41. The van der Waals surface area contributed by atoms with E-state index in [0.29, 0.717) is 11.6 Å². The fraction of sp³-hybridized carbons (Fsp3) is 0.273. The molecular formula is C11H13N5. The average molecular weight is 215 g/mol. The molecule has 0 fully saturated rings. The van der Waals surface area contributed by atoms with Gasteiger partial charge in [0.1, 0.15) is 0 Å². The minimum absolute atomic E-state index is 0.548. The molecule has 0 spiro atoms. The van der Waals surface area contributed by atoms with Crippen molar-refractivity contribution in [3.05, 3.63) is 36.0 Å². The van der Waals surface area contributed by atoms with Gasteiger partial charge < -0.3 is 5.73 Å². The van der Waals surface area contributed by atoms with Crippen LogP contribution in [-0.2, 0) is 13.1 Å². The molecule has 0 unspecified atom stereocenters. The van der Waals surface area contributed by atoms with Gasteiger partial charge in [0, 0.05) is 13.1 Å². The molecular weight excluding hydrogens is 202 g/mol. The van der Waals surface area contributed by atoms with E-state index < -0.39 is 0 Å². The molecule has 5 nitrogen and oxygen atoms in total. The Morgan fingerprint density at radius 1 is 1.12 bits per heavy atom. The number of rotatable bonds is 1. The minimum Gasteiger partial charge on any atom is -0.368 e. The van der Waals surface area contributed by atoms with E-state index in [4.69, 9.17) is 5.73 Å². The Morgan fingerprint density at radius 2 is 1.88 bits per heavy atom. The largest absolute Gasteiger partial charge is 0.368 e. The number of fused-ring (bicyclic) bond motifs is 1. The van der Waals surface area contributed by atoms with Gasteiger partial charge in [-0.2, -0.15) is 4.98 Å². The molecule has 5 heteroatoms. The van der Waals surface area contributed by atoms with Gasteiger partial charge in [0.05, 0.1) is 5.69 Å². The zero-order valence-electron chi connectivity index (χ0n) is 8.87. The van der Waals surface area contributed by atoms with Crippen LogP contribution in [0.2, 0.25) is 0 Å². The first kappa shape index (κ1) is 9.21. The van der Waals surface area contributed by atoms with Crippen LogP contribution in [0.3, 0.4) is 0 Å². The summed E-state index contributed by atoms with van der Waals surface area (Å²) in [6, 6.07) is 9.80. The summed E-state index contributed by atoms with van der Waals surface area (Å²) in [5, 5.41) is 0. The Hall–Kier alpha value is -2.04. The van der Waals surface area contributed by atoms with E-state index in [0.717, 1.165) is 25.2 Å². The van der Waals surface area contributed by atoms with E-state index in [9.17, 15) is 0 Å². The lowest BCUT2D eigenvalue weighted by atomic mass is 10.3. The number of benzene rings is 1. The van der Waals surface area contributed by atoms with Gasteiger partial charge >= 0.3 is 0 Å². The Balaban J connectivity index is 2.14. The number of anilines is 1. The number of hydrogen-bond acceptors (Lipinski definition) is 3. The van der Waals surface area contributed by atoms with Gasteiger partial charge in [-0.25, -0.2) is 9.67 Å². The highest BCUT2D eigenvalue weighted by atomic mass is 15.5. The Labute approximate surface area is 92.8 Å². The molecule has 2 N–H and O–H groups in total. The summed E-state index contributed by atoms with van der Waals surface area (Å²) in [4.78, 5) is 8.75. The first-order chi connectivity index (χ1) is 7.84. The van der Waals surface area contributed by atoms with Crippen LogP contribution in [0.25, 0.3) is 0 Å². The van der Waals surface area contributed by atoms with E-state index in [1.54, 1.807) is 0 Å². The van der Waals surface area contributed by atoms with Crippen LogP contribution in [0.4, 0.5) is 11.6 Å². The highest BCUT2D eigenvalue weighted by Crippen LogP contribution is 2.10. The number of nitrogens with two attached hydrogens (primary N) is 1. The van der Waals surface area contributed by atoms with Crippen molar-refractivity contribution in [2.24, 2.45) is 4.99 Å². The smallest absolute Gasteiger partial charge is 0.248 e. The second-order valence-corrected chi connectivity index (χ2v) is 3.82. The third-order valence-corrected chi connectivity index (χ3v) is 2.73. The van der Waals surface area contributed by atoms with Crippen LogP contribution in [0.1, 0.15) is 6.42 Å². The Kier molecular flexibility index (Phi) is 2.02. The van der Waals surface area contributed by atoms with Crippen molar-refractivity contribution in [1.29, 1.82) is 0 Å². The zero-order valence-corrected chi connectivity index (χ0v) is 8.87. The fourth-order valence-electron chi connectivity index (χ4n) is 1.98. The van der Waals surface area contributed by atoms with Gasteiger partial charge in [-0.05, 0) is 18.6 Å². The van der Waals surface area contributed by atoms with Crippen LogP contribution < -0.4 is 11.4 Å². The number of nitrogens with zero attached hydrogens (tertiary/aromatic N) is 4. The standard InChI is InChI=1S/C11H13N5/c12-10-14-11(16-8-4-7-15(10)16)13-9-5-2-1-3-6-9/h1-3,5-6H,4,7-8H2,(H2,12,13,14). The van der Waals surface area contributed by atoms with E-state index in [1.165, 1.54) is 0 Å². The number of para-hydroxylation sites is 1. The second kappa shape index (κ2) is 3.52. The summed E-state index contributed by atoms with van der Waals surface area (Å²) >= 11 is 0. The average Bonchev–Trinajstić information content (AvgIpc) is 2.87. The number of nitrogen functional groups attached to an aromatic ring is 1. The fourth-order valence-corrected chi connectivity index (χ4v) is 1.98. The first-order valence-electron chi connectivity index (χ1n) is 5.37. The molecule has 16 heavy (non-hydrogen) atoms. The summed E-state index contributed by atoms with van der Waals surface area (Å²) in [5.74, 6) is 0.548. The maximum atomic E-state index is 5.82. The third-order valence-electron chi connectivity index (χ3n) is 2.73. The second-order valence-electron chi connectivity index (χ2n) is 3.82. The van der Waals surface area contributed by atoms with E-state index >= 15 is 0 Å². The molecule has 3 rings (SSSR count). The predicted molar refractivity (Wildman–Crippen MR) is 60.9 cm³/mol. The minimum atomic E-state index is 0.548. The molecule has 0 aliphatic carbocycles. The van der Waals surface area contributed by atoms with Crippen LogP contribution in [0.5, 0.6) is 0 Å². The predicted octanol–water partition coefficient (Wildman–Crippen LogP) is 0.903. The lowest BCUT2D eigenvalue weighted by molar-refractivity contribution is 0.591. The van der Waals surface area contributed by atoms with Gasteiger partial charge in [-0.15, -0.1) is 0 Å². The molecule has 2 aromatic rings. The molecule has 2 heterocycles. The highest BCUT2D eigenvalue weighted by Gasteiger charge is 2.14. The molecule has 0 saturated carbocycles. The Bertz CT molecular complexity index is 564. The molecule has 1 aromatic carbocycles. The van der Waals surface area contributed by atoms with Gasteiger partial charge in [-0.3, -0.25) is 4.68 Å². The first-order valence-corrected chi connectivity index (χ1v) is 5.37. The van der Waals surface area contributed by atoms with Gasteiger partial charge in [-0.1, -0.05) is 18.2 Å². The monoisotopic (exact) mass is 215 g/mol.